The van der Waals surface area contributed by atoms with Gasteiger partial charge in [-0.15, -0.1) is 0 Å². The highest BCUT2D eigenvalue weighted by atomic mass is 16.5. The van der Waals surface area contributed by atoms with Gasteiger partial charge in [0.1, 0.15) is 11.3 Å². The van der Waals surface area contributed by atoms with E-state index in [1.54, 1.807) is 0 Å². The van der Waals surface area contributed by atoms with Crippen molar-refractivity contribution >= 4 is 22.7 Å². The van der Waals surface area contributed by atoms with Gasteiger partial charge in [-0.1, -0.05) is 37.3 Å². The number of fused-ring (bicyclic) bond motifs is 1. The molecule has 0 saturated carbocycles. The molecular weight excluding hydrogens is 364 g/mol. The van der Waals surface area contributed by atoms with Crippen LogP contribution in [0.4, 0.5) is 5.69 Å². The fourth-order valence-corrected chi connectivity index (χ4v) is 3.06. The minimum Gasteiger partial charge on any atom is -0.484 e. The monoisotopic (exact) mass is 386 g/mol. The summed E-state index contributed by atoms with van der Waals surface area (Å²) in [6.45, 7) is 3.99. The van der Waals surface area contributed by atoms with Gasteiger partial charge in [-0.25, -0.2) is 4.98 Å². The molecule has 4 rings (SSSR count). The van der Waals surface area contributed by atoms with Crippen LogP contribution in [0.3, 0.4) is 0 Å². The van der Waals surface area contributed by atoms with E-state index in [0.29, 0.717) is 17.3 Å². The molecule has 0 spiro atoms. The average Bonchev–Trinajstić information content (AvgIpc) is 3.18. The van der Waals surface area contributed by atoms with Crippen molar-refractivity contribution in [2.45, 2.75) is 20.3 Å². The molecule has 4 aromatic rings. The number of oxazole rings is 1. The molecule has 0 aliphatic carbocycles. The van der Waals surface area contributed by atoms with Gasteiger partial charge in [0.15, 0.2) is 12.2 Å². The lowest BCUT2D eigenvalue weighted by molar-refractivity contribution is -0.118. The number of carbonyl (C=O) groups excluding carboxylic acids is 1. The second-order valence-electron chi connectivity index (χ2n) is 6.85. The standard InChI is InChI=1S/C24H22N2O3/c1-3-17-10-12-22-21(13-17)26-24(29-22)18-11-9-16(2)20(14-18)25-23(27)15-28-19-7-5-4-6-8-19/h4-14H,3,15H2,1-2H3,(H,25,27). The van der Waals surface area contributed by atoms with Gasteiger partial charge in [-0.2, -0.15) is 0 Å². The second kappa shape index (κ2) is 8.19. The molecule has 1 N–H and O–H groups in total. The molecule has 1 aromatic heterocycles. The fraction of sp³-hybridized carbons (Fsp3) is 0.167. The maximum absolute atomic E-state index is 12.3. The van der Waals surface area contributed by atoms with Gasteiger partial charge in [0.25, 0.3) is 5.91 Å². The van der Waals surface area contributed by atoms with E-state index in [1.165, 1.54) is 5.56 Å². The van der Waals surface area contributed by atoms with E-state index in [1.807, 2.05) is 73.7 Å². The predicted molar refractivity (Wildman–Crippen MR) is 114 cm³/mol. The molecule has 3 aromatic carbocycles. The Bertz CT molecular complexity index is 1150. The molecular formula is C24H22N2O3. The number of rotatable bonds is 6. The number of ether oxygens (including phenoxy) is 1. The summed E-state index contributed by atoms with van der Waals surface area (Å²) in [6.07, 6.45) is 0.948. The Morgan fingerprint density at radius 1 is 1.07 bits per heavy atom. The number of anilines is 1. The molecule has 1 amide bonds. The molecule has 29 heavy (non-hydrogen) atoms. The number of hydrogen-bond donors (Lipinski definition) is 1. The van der Waals surface area contributed by atoms with Gasteiger partial charge in [0.2, 0.25) is 5.89 Å². The van der Waals surface area contributed by atoms with Crippen LogP contribution in [-0.2, 0) is 11.2 Å². The number of para-hydroxylation sites is 1. The highest BCUT2D eigenvalue weighted by molar-refractivity contribution is 5.93. The third-order valence-corrected chi connectivity index (χ3v) is 4.73. The van der Waals surface area contributed by atoms with E-state index in [4.69, 9.17) is 9.15 Å². The Morgan fingerprint density at radius 3 is 2.69 bits per heavy atom. The molecule has 0 saturated heterocycles. The van der Waals surface area contributed by atoms with Crippen LogP contribution in [0.15, 0.2) is 71.1 Å². The quantitative estimate of drug-likeness (QED) is 0.483. The molecule has 5 nitrogen and oxygen atoms in total. The summed E-state index contributed by atoms with van der Waals surface area (Å²) < 4.78 is 11.4. The van der Waals surface area contributed by atoms with Crippen LogP contribution >= 0.6 is 0 Å². The molecule has 0 atom stereocenters. The molecule has 5 heteroatoms. The third-order valence-electron chi connectivity index (χ3n) is 4.73. The highest BCUT2D eigenvalue weighted by Gasteiger charge is 2.12. The predicted octanol–water partition coefficient (Wildman–Crippen LogP) is 5.38. The summed E-state index contributed by atoms with van der Waals surface area (Å²) in [5.41, 5.74) is 5.27. The van der Waals surface area contributed by atoms with Crippen molar-refractivity contribution in [2.24, 2.45) is 0 Å². The van der Waals surface area contributed by atoms with Crippen LogP contribution in [0.25, 0.3) is 22.6 Å². The zero-order chi connectivity index (χ0) is 20.2. The number of amides is 1. The first-order valence-corrected chi connectivity index (χ1v) is 9.60. The molecule has 0 fully saturated rings. The van der Waals surface area contributed by atoms with Crippen LogP contribution in [0.1, 0.15) is 18.1 Å². The van der Waals surface area contributed by atoms with Gasteiger partial charge in [0.05, 0.1) is 0 Å². The number of benzene rings is 3. The summed E-state index contributed by atoms with van der Waals surface area (Å²) in [5.74, 6) is 0.967. The normalized spacial score (nSPS) is 10.8. The molecule has 1 heterocycles. The van der Waals surface area contributed by atoms with Crippen molar-refractivity contribution in [3.8, 4) is 17.2 Å². The maximum Gasteiger partial charge on any atom is 0.262 e. The molecule has 0 aliphatic rings. The zero-order valence-corrected chi connectivity index (χ0v) is 16.4. The Hall–Kier alpha value is -3.60. The second-order valence-corrected chi connectivity index (χ2v) is 6.85. The topological polar surface area (TPSA) is 64.4 Å². The summed E-state index contributed by atoms with van der Waals surface area (Å²) in [7, 11) is 0. The highest BCUT2D eigenvalue weighted by Crippen LogP contribution is 2.28. The number of aromatic nitrogens is 1. The van der Waals surface area contributed by atoms with Crippen LogP contribution in [0, 0.1) is 6.92 Å². The first-order valence-electron chi connectivity index (χ1n) is 9.60. The van der Waals surface area contributed by atoms with Crippen molar-refractivity contribution in [1.82, 2.24) is 4.98 Å². The number of hydrogen-bond acceptors (Lipinski definition) is 4. The van der Waals surface area contributed by atoms with Crippen molar-refractivity contribution in [1.29, 1.82) is 0 Å². The van der Waals surface area contributed by atoms with Gasteiger partial charge in [-0.3, -0.25) is 4.79 Å². The minimum absolute atomic E-state index is 0.0592. The lowest BCUT2D eigenvalue weighted by Crippen LogP contribution is -2.20. The van der Waals surface area contributed by atoms with Crippen LogP contribution in [0.5, 0.6) is 5.75 Å². The molecule has 0 radical (unpaired) electrons. The van der Waals surface area contributed by atoms with Gasteiger partial charge in [0, 0.05) is 11.3 Å². The average molecular weight is 386 g/mol. The molecule has 146 valence electrons. The number of carbonyl (C=O) groups is 1. The maximum atomic E-state index is 12.3. The van der Waals surface area contributed by atoms with Crippen molar-refractivity contribution in [2.75, 3.05) is 11.9 Å². The third kappa shape index (κ3) is 4.29. The summed E-state index contributed by atoms with van der Waals surface area (Å²) in [4.78, 5) is 16.9. The van der Waals surface area contributed by atoms with Crippen molar-refractivity contribution < 1.29 is 13.9 Å². The van der Waals surface area contributed by atoms with Crippen LogP contribution < -0.4 is 10.1 Å². The van der Waals surface area contributed by atoms with E-state index < -0.39 is 0 Å². The Labute approximate surface area is 169 Å². The number of aryl methyl sites for hydroxylation is 2. The van der Waals surface area contributed by atoms with Crippen molar-refractivity contribution in [3.05, 3.63) is 77.9 Å². The first kappa shape index (κ1) is 18.7. The zero-order valence-electron chi connectivity index (χ0n) is 16.4. The van der Waals surface area contributed by atoms with Crippen LogP contribution in [-0.4, -0.2) is 17.5 Å². The Morgan fingerprint density at radius 2 is 1.90 bits per heavy atom. The van der Waals surface area contributed by atoms with Crippen molar-refractivity contribution in [3.63, 3.8) is 0 Å². The van der Waals surface area contributed by atoms with E-state index >= 15 is 0 Å². The van der Waals surface area contributed by atoms with Gasteiger partial charge >= 0.3 is 0 Å². The van der Waals surface area contributed by atoms with E-state index in [-0.39, 0.29) is 12.5 Å². The molecule has 0 aliphatic heterocycles. The minimum atomic E-state index is -0.223. The van der Waals surface area contributed by atoms with Gasteiger partial charge < -0.3 is 14.5 Å². The lowest BCUT2D eigenvalue weighted by atomic mass is 10.1. The lowest BCUT2D eigenvalue weighted by Gasteiger charge is -2.10. The number of nitrogens with one attached hydrogen (secondary N) is 1. The van der Waals surface area contributed by atoms with Crippen LogP contribution in [0.2, 0.25) is 0 Å². The smallest absolute Gasteiger partial charge is 0.262 e. The number of nitrogens with zero attached hydrogens (tertiary/aromatic N) is 1. The van der Waals surface area contributed by atoms with Gasteiger partial charge in [-0.05, 0) is 60.9 Å². The molecule has 0 unspecified atom stereocenters. The molecule has 0 bridgehead atoms. The largest absolute Gasteiger partial charge is 0.484 e. The SMILES string of the molecule is CCc1ccc2oc(-c3ccc(C)c(NC(=O)COc4ccccc4)c3)nc2c1. The fourth-order valence-electron chi connectivity index (χ4n) is 3.06. The van der Waals surface area contributed by atoms with E-state index in [9.17, 15) is 4.79 Å². The summed E-state index contributed by atoms with van der Waals surface area (Å²) in [6, 6.07) is 21.1. The Kier molecular flexibility index (Phi) is 5.29. The summed E-state index contributed by atoms with van der Waals surface area (Å²) in [5, 5.41) is 2.91. The first-order chi connectivity index (χ1) is 14.1. The summed E-state index contributed by atoms with van der Waals surface area (Å²) >= 11 is 0. The van der Waals surface area contributed by atoms with E-state index in [0.717, 1.165) is 28.6 Å². The Balaban J connectivity index is 1.52. The van der Waals surface area contributed by atoms with E-state index in [2.05, 4.69) is 17.2 Å².